The molecular weight excluding hydrogens is 370 g/mol. The SMILES string of the molecule is CCNc1c(C=N)cc2nc1OCCC[C@](C)(O)[C@H](c1ccccc1)NC(=O)N2. The van der Waals surface area contributed by atoms with E-state index in [0.717, 1.165) is 5.56 Å². The first-order chi connectivity index (χ1) is 13.9. The molecule has 0 fully saturated rings. The molecule has 0 spiro atoms. The highest BCUT2D eigenvalue weighted by Crippen LogP contribution is 2.32. The Morgan fingerprint density at radius 3 is 2.86 bits per heavy atom. The van der Waals surface area contributed by atoms with Crippen molar-refractivity contribution in [2.45, 2.75) is 38.3 Å². The van der Waals surface area contributed by atoms with E-state index in [4.69, 9.17) is 10.1 Å². The van der Waals surface area contributed by atoms with Crippen LogP contribution in [0.3, 0.4) is 0 Å². The van der Waals surface area contributed by atoms with Crippen LogP contribution in [0.2, 0.25) is 0 Å². The third-order valence-electron chi connectivity index (χ3n) is 4.86. The minimum atomic E-state index is -1.17. The van der Waals surface area contributed by atoms with E-state index in [9.17, 15) is 9.90 Å². The van der Waals surface area contributed by atoms with Gasteiger partial charge in [0.15, 0.2) is 0 Å². The van der Waals surface area contributed by atoms with E-state index in [1.54, 1.807) is 13.0 Å². The number of fused-ring (bicyclic) bond motifs is 2. The fourth-order valence-electron chi connectivity index (χ4n) is 3.45. The Kier molecular flexibility index (Phi) is 6.33. The van der Waals surface area contributed by atoms with Gasteiger partial charge in [0.05, 0.1) is 18.2 Å². The van der Waals surface area contributed by atoms with Crippen LogP contribution in [-0.2, 0) is 0 Å². The Labute approximate surface area is 170 Å². The predicted octanol–water partition coefficient (Wildman–Crippen LogP) is 3.30. The van der Waals surface area contributed by atoms with Gasteiger partial charge in [0, 0.05) is 18.3 Å². The third kappa shape index (κ3) is 4.83. The Hall–Kier alpha value is -3.13. The van der Waals surface area contributed by atoms with Gasteiger partial charge in [-0.1, -0.05) is 30.3 Å². The lowest BCUT2D eigenvalue weighted by atomic mass is 9.86. The number of carbonyl (C=O) groups is 1. The van der Waals surface area contributed by atoms with Crippen molar-refractivity contribution in [3.05, 3.63) is 47.5 Å². The van der Waals surface area contributed by atoms with Crippen LogP contribution in [0.15, 0.2) is 36.4 Å². The molecule has 0 saturated carbocycles. The molecule has 1 aromatic carbocycles. The van der Waals surface area contributed by atoms with Crippen LogP contribution in [0, 0.1) is 5.41 Å². The molecule has 1 aromatic heterocycles. The van der Waals surface area contributed by atoms with Gasteiger partial charge in [-0.25, -0.2) is 4.79 Å². The molecule has 2 bridgehead atoms. The molecule has 3 rings (SSSR count). The van der Waals surface area contributed by atoms with Crippen molar-refractivity contribution in [3.8, 4) is 5.88 Å². The van der Waals surface area contributed by atoms with E-state index < -0.39 is 17.7 Å². The summed E-state index contributed by atoms with van der Waals surface area (Å²) in [4.78, 5) is 17.1. The summed E-state index contributed by atoms with van der Waals surface area (Å²) in [5.74, 6) is 0.590. The molecule has 29 heavy (non-hydrogen) atoms. The highest BCUT2D eigenvalue weighted by molar-refractivity contribution is 5.93. The second-order valence-electron chi connectivity index (χ2n) is 7.20. The van der Waals surface area contributed by atoms with Crippen LogP contribution in [0.1, 0.15) is 43.9 Å². The molecule has 154 valence electrons. The summed E-state index contributed by atoms with van der Waals surface area (Å²) in [6, 6.07) is 9.88. The summed E-state index contributed by atoms with van der Waals surface area (Å²) in [5.41, 5.74) is 0.810. The van der Waals surface area contributed by atoms with Crippen LogP contribution in [0.25, 0.3) is 0 Å². The number of anilines is 2. The normalized spacial score (nSPS) is 22.2. The molecule has 1 aliphatic heterocycles. The first kappa shape index (κ1) is 20.6. The number of urea groups is 1. The number of nitrogens with zero attached hydrogens (tertiary/aromatic N) is 1. The Morgan fingerprint density at radius 1 is 1.41 bits per heavy atom. The predicted molar refractivity (Wildman–Crippen MR) is 113 cm³/mol. The molecular formula is C21H27N5O3. The molecule has 1 aliphatic rings. The fraction of sp³-hybridized carbons (Fsp3) is 0.381. The van der Waals surface area contributed by atoms with Crippen molar-refractivity contribution in [2.75, 3.05) is 23.8 Å². The van der Waals surface area contributed by atoms with E-state index in [2.05, 4.69) is 20.9 Å². The van der Waals surface area contributed by atoms with Gasteiger partial charge in [0.1, 0.15) is 11.5 Å². The lowest BCUT2D eigenvalue weighted by Crippen LogP contribution is -2.46. The lowest BCUT2D eigenvalue weighted by molar-refractivity contribution is 0.00956. The smallest absolute Gasteiger partial charge is 0.320 e. The zero-order valence-corrected chi connectivity index (χ0v) is 16.7. The molecule has 2 aromatic rings. The number of aliphatic hydroxyl groups is 1. The minimum absolute atomic E-state index is 0.268. The number of aromatic nitrogens is 1. The summed E-state index contributed by atoms with van der Waals surface area (Å²) < 4.78 is 5.86. The molecule has 2 amide bonds. The second kappa shape index (κ2) is 8.91. The maximum absolute atomic E-state index is 12.7. The Balaban J connectivity index is 1.97. The molecule has 2 heterocycles. The molecule has 0 unspecified atom stereocenters. The number of hydrogen-bond donors (Lipinski definition) is 5. The number of benzene rings is 1. The minimum Gasteiger partial charge on any atom is -0.476 e. The average molecular weight is 397 g/mol. The summed E-state index contributed by atoms with van der Waals surface area (Å²) in [7, 11) is 0. The molecule has 0 aliphatic carbocycles. The Morgan fingerprint density at radius 2 is 2.17 bits per heavy atom. The highest BCUT2D eigenvalue weighted by Gasteiger charge is 2.34. The summed E-state index contributed by atoms with van der Waals surface area (Å²) in [6.07, 6.45) is 2.18. The topological polar surface area (TPSA) is 119 Å². The number of pyridine rings is 1. The summed E-state index contributed by atoms with van der Waals surface area (Å²) >= 11 is 0. The van der Waals surface area contributed by atoms with Crippen LogP contribution in [0.4, 0.5) is 16.3 Å². The molecule has 5 N–H and O–H groups in total. The van der Waals surface area contributed by atoms with Crippen molar-refractivity contribution in [3.63, 3.8) is 0 Å². The summed E-state index contributed by atoms with van der Waals surface area (Å²) in [5, 5.41) is 27.5. The highest BCUT2D eigenvalue weighted by atomic mass is 16.5. The van der Waals surface area contributed by atoms with Crippen molar-refractivity contribution in [1.29, 1.82) is 5.41 Å². The maximum Gasteiger partial charge on any atom is 0.320 e. The van der Waals surface area contributed by atoms with Gasteiger partial charge >= 0.3 is 6.03 Å². The number of hydrogen-bond acceptors (Lipinski definition) is 6. The lowest BCUT2D eigenvalue weighted by Gasteiger charge is -2.34. The first-order valence-electron chi connectivity index (χ1n) is 9.71. The zero-order chi connectivity index (χ0) is 20.9. The second-order valence-corrected chi connectivity index (χ2v) is 7.20. The van der Waals surface area contributed by atoms with E-state index >= 15 is 0 Å². The molecule has 2 atom stereocenters. The number of rotatable bonds is 4. The Bertz CT molecular complexity index is 870. The van der Waals surface area contributed by atoms with Gasteiger partial charge in [-0.2, -0.15) is 4.98 Å². The first-order valence-corrected chi connectivity index (χ1v) is 9.71. The van der Waals surface area contributed by atoms with Crippen molar-refractivity contribution in [2.24, 2.45) is 0 Å². The van der Waals surface area contributed by atoms with Gasteiger partial charge in [-0.15, -0.1) is 0 Å². The number of nitrogens with one attached hydrogen (secondary N) is 4. The molecule has 0 saturated heterocycles. The largest absolute Gasteiger partial charge is 0.476 e. The van der Waals surface area contributed by atoms with Gasteiger partial charge in [0.25, 0.3) is 0 Å². The maximum atomic E-state index is 12.7. The average Bonchev–Trinajstić information content (AvgIpc) is 2.70. The monoisotopic (exact) mass is 397 g/mol. The van der Waals surface area contributed by atoms with Crippen molar-refractivity contribution in [1.82, 2.24) is 10.3 Å². The van der Waals surface area contributed by atoms with Crippen LogP contribution in [0.5, 0.6) is 5.88 Å². The number of carbonyl (C=O) groups excluding carboxylic acids is 1. The molecule has 8 heteroatoms. The quantitative estimate of drug-likeness (QED) is 0.507. The van der Waals surface area contributed by atoms with Gasteiger partial charge in [0.2, 0.25) is 5.88 Å². The van der Waals surface area contributed by atoms with Gasteiger partial charge in [-0.05, 0) is 38.3 Å². The van der Waals surface area contributed by atoms with Gasteiger partial charge in [-0.3, -0.25) is 5.32 Å². The van der Waals surface area contributed by atoms with Gasteiger partial charge < -0.3 is 25.9 Å². The van der Waals surface area contributed by atoms with E-state index in [0.29, 0.717) is 43.1 Å². The fourth-order valence-corrected chi connectivity index (χ4v) is 3.45. The third-order valence-corrected chi connectivity index (χ3v) is 4.86. The number of amides is 2. The van der Waals surface area contributed by atoms with E-state index in [1.807, 2.05) is 37.3 Å². The number of ether oxygens (including phenoxy) is 1. The van der Waals surface area contributed by atoms with Crippen LogP contribution >= 0.6 is 0 Å². The standard InChI is InChI=1S/C21H27N5O3/c1-3-23-17-15(13-22)12-16-24-19(17)29-11-7-10-21(2,28)18(26-20(27)25-16)14-8-5-4-6-9-14/h4-6,8-9,12-13,18,22-23,28H,3,7,10-11H2,1-2H3,(H2,24,25,26,27)/t18-,21-/m0/s1. The van der Waals surface area contributed by atoms with E-state index in [1.165, 1.54) is 6.21 Å². The van der Waals surface area contributed by atoms with Crippen molar-refractivity contribution >= 4 is 23.8 Å². The van der Waals surface area contributed by atoms with Crippen molar-refractivity contribution < 1.29 is 14.6 Å². The van der Waals surface area contributed by atoms with Crippen LogP contribution < -0.4 is 20.7 Å². The molecule has 0 radical (unpaired) electrons. The van der Waals surface area contributed by atoms with Crippen LogP contribution in [-0.4, -0.2) is 41.1 Å². The molecule has 8 nitrogen and oxygen atoms in total. The summed E-state index contributed by atoms with van der Waals surface area (Å²) in [6.45, 7) is 4.64. The van der Waals surface area contributed by atoms with E-state index in [-0.39, 0.29) is 5.82 Å². The zero-order valence-electron chi connectivity index (χ0n) is 16.7.